The van der Waals surface area contributed by atoms with E-state index in [4.69, 9.17) is 11.6 Å². The van der Waals surface area contributed by atoms with Crippen LogP contribution in [0.15, 0.2) is 71.6 Å². The smallest absolute Gasteiger partial charge is 0.287 e. The van der Waals surface area contributed by atoms with Crippen LogP contribution in [0, 0.1) is 13.8 Å². The van der Waals surface area contributed by atoms with E-state index in [0.717, 1.165) is 15.4 Å². The number of para-hydroxylation sites is 1. The maximum Gasteiger partial charge on any atom is 0.343 e. The van der Waals surface area contributed by atoms with Crippen LogP contribution in [0.1, 0.15) is 16.7 Å². The Hall–Kier alpha value is -2.83. The van der Waals surface area contributed by atoms with Crippen molar-refractivity contribution >= 4 is 39.0 Å². The average Bonchev–Trinajstić information content (AvgIpc) is 2.68. The van der Waals surface area contributed by atoms with Gasteiger partial charge in [0, 0.05) is 5.02 Å². The first-order valence-electron chi connectivity index (χ1n) is 9.06. The molecule has 148 valence electrons. The molecule has 0 spiro atoms. The number of amides is 2. The third-order valence-corrected chi connectivity index (χ3v) is 6.86. The number of aryl methyl sites for hydroxylation is 2. The molecule has 0 saturated heterocycles. The number of hydrogen-bond acceptors (Lipinski definition) is 3. The number of carbonyl (C=O) groups is 1. The molecule has 0 aromatic heterocycles. The number of benzene rings is 3. The lowest BCUT2D eigenvalue weighted by Crippen LogP contribution is -2.51. The van der Waals surface area contributed by atoms with Crippen molar-refractivity contribution < 1.29 is 13.2 Å². The number of urea groups is 1. The van der Waals surface area contributed by atoms with Gasteiger partial charge in [-0.15, -0.1) is 0 Å². The third-order valence-electron chi connectivity index (χ3n) is 4.89. The van der Waals surface area contributed by atoms with Crippen LogP contribution in [-0.2, 0) is 16.6 Å². The minimum absolute atomic E-state index is 0.0996. The van der Waals surface area contributed by atoms with Crippen molar-refractivity contribution in [3.05, 3.63) is 88.4 Å². The molecule has 1 aliphatic heterocycles. The molecule has 0 N–H and O–H groups in total. The minimum atomic E-state index is -4.04. The van der Waals surface area contributed by atoms with E-state index in [2.05, 4.69) is 0 Å². The monoisotopic (exact) mass is 426 g/mol. The highest BCUT2D eigenvalue weighted by atomic mass is 35.5. The van der Waals surface area contributed by atoms with Gasteiger partial charge in [0.25, 0.3) is 10.0 Å². The van der Waals surface area contributed by atoms with Crippen LogP contribution in [0.25, 0.3) is 0 Å². The maximum atomic E-state index is 13.5. The van der Waals surface area contributed by atoms with Gasteiger partial charge in [0.15, 0.2) is 0 Å². The van der Waals surface area contributed by atoms with Gasteiger partial charge in [-0.05, 0) is 60.9 Å². The Balaban J connectivity index is 1.90. The zero-order valence-corrected chi connectivity index (χ0v) is 17.5. The molecule has 29 heavy (non-hydrogen) atoms. The van der Waals surface area contributed by atoms with Crippen molar-refractivity contribution in [2.45, 2.75) is 25.3 Å². The molecule has 0 bridgehead atoms. The highest BCUT2D eigenvalue weighted by molar-refractivity contribution is 7.94. The molecule has 0 saturated carbocycles. The lowest BCUT2D eigenvalue weighted by molar-refractivity contribution is 0.253. The van der Waals surface area contributed by atoms with Gasteiger partial charge in [-0.25, -0.2) is 13.2 Å². The fourth-order valence-corrected chi connectivity index (χ4v) is 5.32. The fourth-order valence-electron chi connectivity index (χ4n) is 3.45. The summed E-state index contributed by atoms with van der Waals surface area (Å²) >= 11 is 6.10. The van der Waals surface area contributed by atoms with Gasteiger partial charge in [0.2, 0.25) is 0 Å². The number of rotatable bonds is 3. The Bertz CT molecular complexity index is 1220. The SMILES string of the molecule is Cc1ccc(C)c(N2C(=O)N(Cc3cccc(Cl)c3)c3ccccc3S2(=O)=O)c1. The molecule has 1 heterocycles. The minimum Gasteiger partial charge on any atom is -0.287 e. The average molecular weight is 427 g/mol. The van der Waals surface area contributed by atoms with Crippen molar-refractivity contribution in [3.63, 3.8) is 0 Å². The molecule has 5 nitrogen and oxygen atoms in total. The summed E-state index contributed by atoms with van der Waals surface area (Å²) in [7, 11) is -4.04. The lowest BCUT2D eigenvalue weighted by atomic mass is 10.1. The molecule has 0 fully saturated rings. The maximum absolute atomic E-state index is 13.5. The van der Waals surface area contributed by atoms with E-state index >= 15 is 0 Å². The normalized spacial score (nSPS) is 15.3. The second kappa shape index (κ2) is 7.21. The molecule has 2 amide bonds. The van der Waals surface area contributed by atoms with Crippen LogP contribution in [0.2, 0.25) is 5.02 Å². The van der Waals surface area contributed by atoms with Gasteiger partial charge in [-0.1, -0.05) is 48.0 Å². The molecule has 1 aliphatic rings. The summed E-state index contributed by atoms with van der Waals surface area (Å²) < 4.78 is 27.7. The Kier molecular flexibility index (Phi) is 4.84. The third kappa shape index (κ3) is 3.39. The second-order valence-electron chi connectivity index (χ2n) is 7.03. The van der Waals surface area contributed by atoms with Crippen LogP contribution >= 0.6 is 11.6 Å². The van der Waals surface area contributed by atoms with E-state index in [1.54, 1.807) is 49.4 Å². The first-order valence-corrected chi connectivity index (χ1v) is 10.9. The largest absolute Gasteiger partial charge is 0.343 e. The molecule has 0 radical (unpaired) electrons. The number of anilines is 2. The quantitative estimate of drug-likeness (QED) is 0.571. The van der Waals surface area contributed by atoms with Crippen molar-refractivity contribution in [3.8, 4) is 0 Å². The van der Waals surface area contributed by atoms with Crippen molar-refractivity contribution in [1.82, 2.24) is 0 Å². The molecule has 7 heteroatoms. The summed E-state index contributed by atoms with van der Waals surface area (Å²) in [6.45, 7) is 3.86. The lowest BCUT2D eigenvalue weighted by Gasteiger charge is -2.37. The molecule has 3 aromatic carbocycles. The number of hydrogen-bond donors (Lipinski definition) is 0. The summed E-state index contributed by atoms with van der Waals surface area (Å²) in [5.41, 5.74) is 3.10. The first kappa shape index (κ1) is 19.5. The topological polar surface area (TPSA) is 57.7 Å². The predicted octanol–water partition coefficient (Wildman–Crippen LogP) is 5.29. The molecule has 0 atom stereocenters. The van der Waals surface area contributed by atoms with Gasteiger partial charge in [0.05, 0.1) is 17.9 Å². The highest BCUT2D eigenvalue weighted by Crippen LogP contribution is 2.39. The molecule has 0 aliphatic carbocycles. The summed E-state index contributed by atoms with van der Waals surface area (Å²) in [6, 6.07) is 18.5. The molecular formula is C22H19ClN2O3S. The van der Waals surface area contributed by atoms with Gasteiger partial charge >= 0.3 is 6.03 Å². The van der Waals surface area contributed by atoms with Crippen LogP contribution < -0.4 is 9.21 Å². The van der Waals surface area contributed by atoms with Gasteiger partial charge in [-0.2, -0.15) is 4.31 Å². The van der Waals surface area contributed by atoms with Gasteiger partial charge in [-0.3, -0.25) is 4.90 Å². The summed E-state index contributed by atoms with van der Waals surface area (Å²) in [6.07, 6.45) is 0. The van der Waals surface area contributed by atoms with Crippen molar-refractivity contribution in [1.29, 1.82) is 0 Å². The number of sulfonamides is 1. The van der Waals surface area contributed by atoms with E-state index in [0.29, 0.717) is 22.0 Å². The zero-order valence-electron chi connectivity index (χ0n) is 16.0. The Morgan fingerprint density at radius 1 is 0.897 bits per heavy atom. The Morgan fingerprint density at radius 3 is 2.41 bits per heavy atom. The van der Waals surface area contributed by atoms with E-state index in [1.807, 2.05) is 25.1 Å². The van der Waals surface area contributed by atoms with Gasteiger partial charge < -0.3 is 0 Å². The van der Waals surface area contributed by atoms with Crippen LogP contribution in [0.5, 0.6) is 0 Å². The molecular weight excluding hydrogens is 408 g/mol. The summed E-state index contributed by atoms with van der Waals surface area (Å²) in [5, 5.41) is 0.555. The van der Waals surface area contributed by atoms with E-state index < -0.39 is 16.1 Å². The number of carbonyl (C=O) groups excluding carboxylic acids is 1. The van der Waals surface area contributed by atoms with Crippen LogP contribution in [0.4, 0.5) is 16.2 Å². The van der Waals surface area contributed by atoms with Crippen molar-refractivity contribution in [2.75, 3.05) is 9.21 Å². The van der Waals surface area contributed by atoms with Gasteiger partial charge in [0.1, 0.15) is 4.90 Å². The summed E-state index contributed by atoms with van der Waals surface area (Å²) in [5.74, 6) is 0. The standard InChI is InChI=1S/C22H19ClN2O3S/c1-15-10-11-16(2)20(12-15)25-22(26)24(14-17-6-5-7-18(23)13-17)19-8-3-4-9-21(19)29(25,27)28/h3-13H,14H2,1-2H3. The Morgan fingerprint density at radius 2 is 1.66 bits per heavy atom. The Labute approximate surface area is 175 Å². The second-order valence-corrected chi connectivity index (χ2v) is 9.22. The highest BCUT2D eigenvalue weighted by Gasteiger charge is 2.42. The van der Waals surface area contributed by atoms with Crippen LogP contribution in [-0.4, -0.2) is 14.4 Å². The zero-order chi connectivity index (χ0) is 20.8. The first-order chi connectivity index (χ1) is 13.8. The fraction of sp³-hybridized carbons (Fsp3) is 0.136. The van der Waals surface area contributed by atoms with Crippen molar-refractivity contribution in [2.24, 2.45) is 0 Å². The molecule has 4 rings (SSSR count). The summed E-state index contributed by atoms with van der Waals surface area (Å²) in [4.78, 5) is 15.1. The number of fused-ring (bicyclic) bond motifs is 1. The number of halogens is 1. The van der Waals surface area contributed by atoms with Crippen LogP contribution in [0.3, 0.4) is 0 Å². The number of nitrogens with zero attached hydrogens (tertiary/aromatic N) is 2. The predicted molar refractivity (Wildman–Crippen MR) is 115 cm³/mol. The van der Waals surface area contributed by atoms with E-state index in [-0.39, 0.29) is 11.4 Å². The molecule has 0 unspecified atom stereocenters. The van der Waals surface area contributed by atoms with E-state index in [9.17, 15) is 13.2 Å². The van der Waals surface area contributed by atoms with E-state index in [1.165, 1.54) is 11.0 Å². The molecule has 3 aromatic rings.